The van der Waals surface area contributed by atoms with Crippen LogP contribution in [-0.2, 0) is 13.0 Å². The molecule has 0 spiro atoms. The first-order valence-electron chi connectivity index (χ1n) is 7.41. The Morgan fingerprint density at radius 2 is 2.14 bits per heavy atom. The minimum absolute atomic E-state index is 0.636. The fraction of sp³-hybridized carbons (Fsp3) is 0.500. The molecular formula is C16H24N4O. The van der Waals surface area contributed by atoms with Crippen molar-refractivity contribution in [2.24, 2.45) is 5.92 Å². The van der Waals surface area contributed by atoms with Crippen LogP contribution in [0.1, 0.15) is 25.2 Å². The van der Waals surface area contributed by atoms with E-state index in [1.165, 1.54) is 0 Å². The average Bonchev–Trinajstić information content (AvgIpc) is 2.94. The number of nitrogens with one attached hydrogen (secondary N) is 1. The van der Waals surface area contributed by atoms with Crippen LogP contribution in [0.3, 0.4) is 0 Å². The van der Waals surface area contributed by atoms with Crippen LogP contribution in [0.15, 0.2) is 35.1 Å². The largest absolute Gasteiger partial charge is 0.432 e. The molecule has 21 heavy (non-hydrogen) atoms. The van der Waals surface area contributed by atoms with Gasteiger partial charge < -0.3 is 14.6 Å². The molecule has 0 saturated carbocycles. The van der Waals surface area contributed by atoms with Crippen molar-refractivity contribution in [3.05, 3.63) is 42.0 Å². The highest BCUT2D eigenvalue weighted by atomic mass is 16.4. The first-order chi connectivity index (χ1) is 10.1. The number of hydrogen-bond acceptors (Lipinski definition) is 5. The molecule has 2 heterocycles. The van der Waals surface area contributed by atoms with E-state index in [1.807, 2.05) is 36.3 Å². The second-order valence-electron chi connectivity index (χ2n) is 5.64. The van der Waals surface area contributed by atoms with Crippen molar-refractivity contribution in [3.8, 4) is 0 Å². The van der Waals surface area contributed by atoms with Gasteiger partial charge in [-0.25, -0.2) is 0 Å². The molecule has 114 valence electrons. The van der Waals surface area contributed by atoms with Crippen LogP contribution in [0.5, 0.6) is 0 Å². The number of nitrogens with zero attached hydrogens (tertiary/aromatic N) is 3. The fourth-order valence-corrected chi connectivity index (χ4v) is 1.97. The molecule has 5 heteroatoms. The maximum absolute atomic E-state index is 5.53. The lowest BCUT2D eigenvalue weighted by molar-refractivity contribution is 0.535. The highest BCUT2D eigenvalue weighted by Gasteiger charge is 2.09. The molecule has 1 N–H and O–H groups in total. The second kappa shape index (κ2) is 7.78. The number of hydrogen-bond donors (Lipinski definition) is 1. The van der Waals surface area contributed by atoms with Gasteiger partial charge in [-0.05, 0) is 24.6 Å². The van der Waals surface area contributed by atoms with Gasteiger partial charge in [0.1, 0.15) is 6.26 Å². The van der Waals surface area contributed by atoms with E-state index in [1.54, 1.807) is 6.26 Å². The molecule has 0 amide bonds. The van der Waals surface area contributed by atoms with Crippen LogP contribution in [0.25, 0.3) is 0 Å². The topological polar surface area (TPSA) is 54.2 Å². The van der Waals surface area contributed by atoms with E-state index < -0.39 is 0 Å². The summed E-state index contributed by atoms with van der Waals surface area (Å²) in [4.78, 5) is 10.8. The number of anilines is 1. The van der Waals surface area contributed by atoms with E-state index in [0.29, 0.717) is 11.9 Å². The first kappa shape index (κ1) is 15.5. The molecule has 0 saturated heterocycles. The van der Waals surface area contributed by atoms with Gasteiger partial charge in [0.05, 0.1) is 5.69 Å². The maximum Gasteiger partial charge on any atom is 0.297 e. The molecule has 0 aliphatic carbocycles. The highest BCUT2D eigenvalue weighted by molar-refractivity contribution is 5.25. The Morgan fingerprint density at radius 1 is 1.29 bits per heavy atom. The van der Waals surface area contributed by atoms with Crippen LogP contribution >= 0.6 is 0 Å². The number of likely N-dealkylation sites (N-methyl/N-ethyl adjacent to an activating group) is 1. The predicted octanol–water partition coefficient (Wildman–Crippen LogP) is 2.49. The zero-order valence-electron chi connectivity index (χ0n) is 13.0. The van der Waals surface area contributed by atoms with Gasteiger partial charge in [0.25, 0.3) is 6.01 Å². The maximum atomic E-state index is 5.53. The number of rotatable bonds is 8. The summed E-state index contributed by atoms with van der Waals surface area (Å²) in [5.41, 5.74) is 2.02. The van der Waals surface area contributed by atoms with Gasteiger partial charge in [0.15, 0.2) is 0 Å². The summed E-state index contributed by atoms with van der Waals surface area (Å²) in [6.07, 6.45) is 4.42. The lowest BCUT2D eigenvalue weighted by Crippen LogP contribution is -2.21. The van der Waals surface area contributed by atoms with Crippen LogP contribution in [0.4, 0.5) is 6.01 Å². The SMILES string of the molecule is CC(C)CNCc1coc(N(C)CCc2ccccn2)n1. The zero-order valence-corrected chi connectivity index (χ0v) is 13.0. The molecule has 0 fully saturated rings. The molecule has 0 atom stereocenters. The molecule has 0 aliphatic rings. The number of pyridine rings is 1. The van der Waals surface area contributed by atoms with Gasteiger partial charge in [0.2, 0.25) is 0 Å². The summed E-state index contributed by atoms with van der Waals surface area (Å²) in [5.74, 6) is 0.636. The quantitative estimate of drug-likeness (QED) is 0.809. The molecule has 2 aromatic heterocycles. The van der Waals surface area contributed by atoms with E-state index in [2.05, 4.69) is 29.1 Å². The van der Waals surface area contributed by atoms with Crippen molar-refractivity contribution < 1.29 is 4.42 Å². The van der Waals surface area contributed by atoms with Gasteiger partial charge >= 0.3 is 0 Å². The van der Waals surface area contributed by atoms with Crippen molar-refractivity contribution in [3.63, 3.8) is 0 Å². The Labute approximate surface area is 126 Å². The van der Waals surface area contributed by atoms with Crippen molar-refractivity contribution >= 4 is 6.01 Å². The van der Waals surface area contributed by atoms with Crippen LogP contribution in [0.2, 0.25) is 0 Å². The Kier molecular flexibility index (Phi) is 5.75. The normalized spacial score (nSPS) is 11.0. The van der Waals surface area contributed by atoms with E-state index in [9.17, 15) is 0 Å². The minimum Gasteiger partial charge on any atom is -0.432 e. The zero-order chi connectivity index (χ0) is 15.1. The number of aromatic nitrogens is 2. The lowest BCUT2D eigenvalue weighted by atomic mass is 10.2. The summed E-state index contributed by atoms with van der Waals surface area (Å²) in [7, 11) is 1.99. The molecule has 0 unspecified atom stereocenters. The van der Waals surface area contributed by atoms with E-state index >= 15 is 0 Å². The van der Waals surface area contributed by atoms with Gasteiger partial charge in [-0.3, -0.25) is 4.98 Å². The standard InChI is InChI=1S/C16H24N4O/c1-13(2)10-17-11-15-12-21-16(19-15)20(3)9-7-14-6-4-5-8-18-14/h4-6,8,12-13,17H,7,9-11H2,1-3H3. The summed E-state index contributed by atoms with van der Waals surface area (Å²) in [6, 6.07) is 6.63. The average molecular weight is 288 g/mol. The van der Waals surface area contributed by atoms with Crippen LogP contribution in [0, 0.1) is 5.92 Å². The van der Waals surface area contributed by atoms with Crippen LogP contribution < -0.4 is 10.2 Å². The Morgan fingerprint density at radius 3 is 2.86 bits per heavy atom. The second-order valence-corrected chi connectivity index (χ2v) is 5.64. The minimum atomic E-state index is 0.636. The van der Waals surface area contributed by atoms with Crippen molar-refractivity contribution in [1.82, 2.24) is 15.3 Å². The summed E-state index contributed by atoms with van der Waals surface area (Å²) < 4.78 is 5.53. The third kappa shape index (κ3) is 5.19. The van der Waals surface area contributed by atoms with E-state index in [0.717, 1.165) is 37.4 Å². The molecule has 0 bridgehead atoms. The third-order valence-electron chi connectivity index (χ3n) is 3.15. The fourth-order valence-electron chi connectivity index (χ4n) is 1.97. The van der Waals surface area contributed by atoms with Gasteiger partial charge in [-0.15, -0.1) is 0 Å². The Balaban J connectivity index is 1.80. The molecular weight excluding hydrogens is 264 g/mol. The predicted molar refractivity (Wildman–Crippen MR) is 84.3 cm³/mol. The van der Waals surface area contributed by atoms with Gasteiger partial charge in [-0.1, -0.05) is 19.9 Å². The molecule has 0 aromatic carbocycles. The first-order valence-corrected chi connectivity index (χ1v) is 7.41. The van der Waals surface area contributed by atoms with E-state index in [-0.39, 0.29) is 0 Å². The lowest BCUT2D eigenvalue weighted by Gasteiger charge is -2.13. The van der Waals surface area contributed by atoms with Crippen molar-refractivity contribution in [1.29, 1.82) is 0 Å². The highest BCUT2D eigenvalue weighted by Crippen LogP contribution is 2.12. The number of oxazole rings is 1. The molecule has 0 radical (unpaired) electrons. The van der Waals surface area contributed by atoms with Gasteiger partial charge in [0, 0.05) is 38.4 Å². The van der Waals surface area contributed by atoms with Crippen molar-refractivity contribution in [2.75, 3.05) is 25.0 Å². The summed E-state index contributed by atoms with van der Waals surface area (Å²) in [6.45, 7) is 6.93. The Bertz CT molecular complexity index is 524. The van der Waals surface area contributed by atoms with Crippen molar-refractivity contribution in [2.45, 2.75) is 26.8 Å². The van der Waals surface area contributed by atoms with Gasteiger partial charge in [-0.2, -0.15) is 4.98 Å². The third-order valence-corrected chi connectivity index (χ3v) is 3.15. The van der Waals surface area contributed by atoms with Crippen LogP contribution in [-0.4, -0.2) is 30.1 Å². The monoisotopic (exact) mass is 288 g/mol. The smallest absolute Gasteiger partial charge is 0.297 e. The summed E-state index contributed by atoms with van der Waals surface area (Å²) in [5, 5.41) is 3.36. The molecule has 0 aliphatic heterocycles. The molecule has 2 aromatic rings. The van der Waals surface area contributed by atoms with E-state index in [4.69, 9.17) is 4.42 Å². The summed E-state index contributed by atoms with van der Waals surface area (Å²) >= 11 is 0. The molecule has 2 rings (SSSR count). The molecule has 5 nitrogen and oxygen atoms in total. The Hall–Kier alpha value is -1.88.